The van der Waals surface area contributed by atoms with Gasteiger partial charge in [-0.25, -0.2) is 0 Å². The van der Waals surface area contributed by atoms with Crippen LogP contribution in [0.15, 0.2) is 34.5 Å². The van der Waals surface area contributed by atoms with Crippen molar-refractivity contribution in [3.63, 3.8) is 0 Å². The Hall–Kier alpha value is -0.940. The minimum absolute atomic E-state index is 0.236. The molecule has 1 heterocycles. The van der Waals surface area contributed by atoms with Crippen LogP contribution in [0.4, 0.5) is 3.89 Å². The highest BCUT2D eigenvalue weighted by atomic mass is 32.3. The van der Waals surface area contributed by atoms with Crippen LogP contribution in [0, 0.1) is 0 Å². The van der Waals surface area contributed by atoms with E-state index in [1.165, 1.54) is 23.5 Å². The van der Waals surface area contributed by atoms with Gasteiger partial charge in [0.15, 0.2) is 0 Å². The SMILES string of the molecule is O=S(=O)(F)c1cccc2ccsc12. The molecule has 0 saturated carbocycles. The first-order chi connectivity index (χ1) is 6.09. The van der Waals surface area contributed by atoms with Crippen LogP contribution in [0.25, 0.3) is 10.1 Å². The number of halogens is 1. The molecule has 0 amide bonds. The van der Waals surface area contributed by atoms with Crippen molar-refractivity contribution in [2.75, 3.05) is 0 Å². The van der Waals surface area contributed by atoms with Crippen LogP contribution in [-0.2, 0) is 10.2 Å². The van der Waals surface area contributed by atoms with Gasteiger partial charge in [-0.15, -0.1) is 15.2 Å². The molecule has 5 heteroatoms. The lowest BCUT2D eigenvalue weighted by Gasteiger charge is -1.95. The molecule has 0 aliphatic rings. The molecule has 0 unspecified atom stereocenters. The Morgan fingerprint density at radius 1 is 1.23 bits per heavy atom. The molecule has 2 aromatic rings. The summed E-state index contributed by atoms with van der Waals surface area (Å²) in [4.78, 5) is -0.236. The van der Waals surface area contributed by atoms with Gasteiger partial charge in [0.1, 0.15) is 4.90 Å². The predicted octanol–water partition coefficient (Wildman–Crippen LogP) is 2.56. The minimum atomic E-state index is -4.59. The fraction of sp³-hybridized carbons (Fsp3) is 0. The summed E-state index contributed by atoms with van der Waals surface area (Å²) in [5.74, 6) is 0. The van der Waals surface area contributed by atoms with Crippen LogP contribution < -0.4 is 0 Å². The van der Waals surface area contributed by atoms with Gasteiger partial charge in [-0.1, -0.05) is 12.1 Å². The molecule has 0 bridgehead atoms. The predicted molar refractivity (Wildman–Crippen MR) is 50.1 cm³/mol. The summed E-state index contributed by atoms with van der Waals surface area (Å²) in [6, 6.07) is 6.31. The Labute approximate surface area is 78.8 Å². The maximum Gasteiger partial charge on any atom is 0.333 e. The number of thiophene rings is 1. The second-order valence-electron chi connectivity index (χ2n) is 2.53. The Morgan fingerprint density at radius 2 is 2.00 bits per heavy atom. The van der Waals surface area contributed by atoms with E-state index in [2.05, 4.69) is 0 Å². The molecule has 0 aliphatic heterocycles. The summed E-state index contributed by atoms with van der Waals surface area (Å²) in [7, 11) is -4.59. The minimum Gasteiger partial charge on any atom is -0.189 e. The largest absolute Gasteiger partial charge is 0.333 e. The van der Waals surface area contributed by atoms with E-state index in [1.807, 2.05) is 0 Å². The highest BCUT2D eigenvalue weighted by molar-refractivity contribution is 7.86. The highest BCUT2D eigenvalue weighted by Crippen LogP contribution is 2.28. The molecule has 68 valence electrons. The van der Waals surface area contributed by atoms with Crippen molar-refractivity contribution in [1.29, 1.82) is 0 Å². The van der Waals surface area contributed by atoms with Crippen molar-refractivity contribution >= 4 is 31.6 Å². The Balaban J connectivity index is 2.91. The normalized spacial score (nSPS) is 12.1. The average Bonchev–Trinajstić information content (AvgIpc) is 2.48. The van der Waals surface area contributed by atoms with Crippen molar-refractivity contribution in [3.8, 4) is 0 Å². The third-order valence-electron chi connectivity index (χ3n) is 1.71. The molecule has 1 aromatic carbocycles. The van der Waals surface area contributed by atoms with Gasteiger partial charge < -0.3 is 0 Å². The molecule has 0 saturated heterocycles. The average molecular weight is 216 g/mol. The third-order valence-corrected chi connectivity index (χ3v) is 3.66. The standard InChI is InChI=1S/C8H5FO2S2/c9-13(10,11)7-3-1-2-6-4-5-12-8(6)7/h1-5H. The van der Waals surface area contributed by atoms with E-state index >= 15 is 0 Å². The van der Waals surface area contributed by atoms with Gasteiger partial charge in [0.2, 0.25) is 0 Å². The summed E-state index contributed by atoms with van der Waals surface area (Å²) < 4.78 is 34.6. The molecule has 0 fully saturated rings. The van der Waals surface area contributed by atoms with E-state index < -0.39 is 10.2 Å². The van der Waals surface area contributed by atoms with Crippen molar-refractivity contribution in [2.45, 2.75) is 4.90 Å². The van der Waals surface area contributed by atoms with Gasteiger partial charge in [0, 0.05) is 0 Å². The first-order valence-corrected chi connectivity index (χ1v) is 5.76. The van der Waals surface area contributed by atoms with Crippen LogP contribution in [0.3, 0.4) is 0 Å². The summed E-state index contributed by atoms with van der Waals surface area (Å²) in [6.45, 7) is 0. The van der Waals surface area contributed by atoms with Gasteiger partial charge in [-0.2, -0.15) is 8.42 Å². The van der Waals surface area contributed by atoms with Crippen molar-refractivity contribution in [3.05, 3.63) is 29.6 Å². The van der Waals surface area contributed by atoms with Crippen LogP contribution in [0.2, 0.25) is 0 Å². The number of rotatable bonds is 1. The van der Waals surface area contributed by atoms with Crippen LogP contribution in [0.5, 0.6) is 0 Å². The Kier molecular flexibility index (Phi) is 1.85. The fourth-order valence-electron chi connectivity index (χ4n) is 1.16. The third kappa shape index (κ3) is 1.45. The monoisotopic (exact) mass is 216 g/mol. The second kappa shape index (κ2) is 2.78. The smallest absolute Gasteiger partial charge is 0.189 e. The molecule has 13 heavy (non-hydrogen) atoms. The maximum atomic E-state index is 12.7. The molecule has 0 spiro atoms. The highest BCUT2D eigenvalue weighted by Gasteiger charge is 2.15. The number of hydrogen-bond acceptors (Lipinski definition) is 3. The lowest BCUT2D eigenvalue weighted by Crippen LogP contribution is -1.90. The zero-order chi connectivity index (χ0) is 9.47. The molecule has 0 atom stereocenters. The number of fused-ring (bicyclic) bond motifs is 1. The van der Waals surface area contributed by atoms with Crippen LogP contribution in [0.1, 0.15) is 0 Å². The maximum absolute atomic E-state index is 12.7. The number of benzene rings is 1. The van der Waals surface area contributed by atoms with E-state index in [4.69, 9.17) is 0 Å². The van der Waals surface area contributed by atoms with Gasteiger partial charge in [-0.05, 0) is 22.9 Å². The molecule has 0 N–H and O–H groups in total. The summed E-state index contributed by atoms with van der Waals surface area (Å²) in [5.41, 5.74) is 0. The number of hydrogen-bond donors (Lipinski definition) is 0. The van der Waals surface area contributed by atoms with Crippen LogP contribution >= 0.6 is 11.3 Å². The Morgan fingerprint density at radius 3 is 2.69 bits per heavy atom. The molecule has 2 rings (SSSR count). The van der Waals surface area contributed by atoms with E-state index in [9.17, 15) is 12.3 Å². The van der Waals surface area contributed by atoms with Crippen molar-refractivity contribution in [2.24, 2.45) is 0 Å². The van der Waals surface area contributed by atoms with Gasteiger partial charge in [-0.3, -0.25) is 0 Å². The van der Waals surface area contributed by atoms with Gasteiger partial charge in [0.05, 0.1) is 4.70 Å². The van der Waals surface area contributed by atoms with E-state index in [0.717, 1.165) is 5.39 Å². The summed E-state index contributed by atoms with van der Waals surface area (Å²) in [6.07, 6.45) is 0. The molecule has 0 radical (unpaired) electrons. The molecule has 1 aromatic heterocycles. The van der Waals surface area contributed by atoms with Gasteiger partial charge in [0.25, 0.3) is 0 Å². The molecular formula is C8H5FO2S2. The van der Waals surface area contributed by atoms with E-state index in [-0.39, 0.29) is 4.90 Å². The first kappa shape index (κ1) is 8.65. The first-order valence-electron chi connectivity index (χ1n) is 3.50. The second-order valence-corrected chi connectivity index (χ2v) is 4.76. The summed E-state index contributed by atoms with van der Waals surface area (Å²) in [5, 5.41) is 2.49. The van der Waals surface area contributed by atoms with Crippen molar-refractivity contribution < 1.29 is 12.3 Å². The molecule has 2 nitrogen and oxygen atoms in total. The van der Waals surface area contributed by atoms with E-state index in [0.29, 0.717) is 4.70 Å². The molecular weight excluding hydrogens is 211 g/mol. The van der Waals surface area contributed by atoms with E-state index in [1.54, 1.807) is 17.5 Å². The zero-order valence-corrected chi connectivity index (χ0v) is 8.03. The summed E-state index contributed by atoms with van der Waals surface area (Å²) >= 11 is 1.22. The fourth-order valence-corrected chi connectivity index (χ4v) is 2.99. The quantitative estimate of drug-likeness (QED) is 0.686. The Bertz CT molecular complexity index is 542. The lowest BCUT2D eigenvalue weighted by molar-refractivity contribution is 0.553. The van der Waals surface area contributed by atoms with Crippen molar-refractivity contribution in [1.82, 2.24) is 0 Å². The zero-order valence-electron chi connectivity index (χ0n) is 6.40. The molecule has 0 aliphatic carbocycles. The van der Waals surface area contributed by atoms with Gasteiger partial charge >= 0.3 is 10.2 Å². The van der Waals surface area contributed by atoms with Crippen LogP contribution in [-0.4, -0.2) is 8.42 Å². The lowest BCUT2D eigenvalue weighted by atomic mass is 10.3. The topological polar surface area (TPSA) is 34.1 Å².